The minimum absolute atomic E-state index is 0.0162. The van der Waals surface area contributed by atoms with Crippen molar-refractivity contribution >= 4 is 47.0 Å². The number of halogens is 1. The van der Waals surface area contributed by atoms with Gasteiger partial charge in [0.25, 0.3) is 0 Å². The molecule has 0 aromatic rings. The van der Waals surface area contributed by atoms with Gasteiger partial charge in [-0.15, -0.1) is 0 Å². The molecule has 16 nitrogen and oxygen atoms in total. The number of fused-ring (bicyclic) bond motifs is 10. The molecule has 76 heavy (non-hydrogen) atoms. The Labute approximate surface area is 444 Å². The third kappa shape index (κ3) is 9.83. The first-order valence-electron chi connectivity index (χ1n) is 27.9. The van der Waals surface area contributed by atoms with Crippen LogP contribution in [0.5, 0.6) is 0 Å². The van der Waals surface area contributed by atoms with Gasteiger partial charge in [-0.2, -0.15) is 0 Å². The van der Waals surface area contributed by atoms with E-state index in [2.05, 4.69) is 6.92 Å². The van der Waals surface area contributed by atoms with Crippen molar-refractivity contribution in [2.45, 2.75) is 186 Å². The molecule has 6 fully saturated rings. The lowest BCUT2D eigenvalue weighted by Crippen LogP contribution is -2.69. The van der Waals surface area contributed by atoms with Crippen molar-refractivity contribution in [1.29, 1.82) is 0 Å². The lowest BCUT2D eigenvalue weighted by atomic mass is 9.44. The van der Waals surface area contributed by atoms with E-state index in [9.17, 15) is 58.8 Å². The van der Waals surface area contributed by atoms with E-state index in [0.29, 0.717) is 69.8 Å². The van der Waals surface area contributed by atoms with Crippen LogP contribution in [0.2, 0.25) is 0 Å². The number of carbonyl (C=O) groups is 8. The quantitative estimate of drug-likeness (QED) is 0.0540. The number of aliphatic hydroxyl groups is 4. The molecule has 0 bridgehead atoms. The SMILES string of the molecule is C[C@@H]1CC2C3CCC4=CC(=O)C=C[C@]4(C)[C@@]3(F)[C@@H](O)C[C@]2(C)[C@@]1(O)C(=O)COC(=O)CCC(=O)OCCCCCC(=O)OCCCCCC(=O)OCC(=O)[C@@]1(O)CCC2C3CCC4=CC(=O)C=C[C@]4(C)C3[C@@H](O)C[C@@]21C. The molecule has 6 saturated carbocycles. The fourth-order valence-electron chi connectivity index (χ4n) is 16.4. The van der Waals surface area contributed by atoms with Crippen molar-refractivity contribution in [3.63, 3.8) is 0 Å². The van der Waals surface area contributed by atoms with E-state index in [1.165, 1.54) is 12.2 Å². The monoisotopic (exact) mass is 1060 g/mol. The van der Waals surface area contributed by atoms with Crippen LogP contribution in [0.15, 0.2) is 47.6 Å². The van der Waals surface area contributed by atoms with E-state index in [4.69, 9.17) is 18.9 Å². The van der Waals surface area contributed by atoms with Gasteiger partial charge in [0.1, 0.15) is 11.2 Å². The first-order valence-corrected chi connectivity index (χ1v) is 27.9. The van der Waals surface area contributed by atoms with Crippen LogP contribution in [0.3, 0.4) is 0 Å². The molecule has 15 atom stereocenters. The zero-order valence-electron chi connectivity index (χ0n) is 44.9. The van der Waals surface area contributed by atoms with E-state index in [0.717, 1.165) is 18.4 Å². The molecular weight excluding hydrogens is 984 g/mol. The summed E-state index contributed by atoms with van der Waals surface area (Å²) in [5.41, 5.74) is -8.03. The van der Waals surface area contributed by atoms with Crippen LogP contribution in [0, 0.1) is 57.2 Å². The molecule has 0 aromatic carbocycles. The van der Waals surface area contributed by atoms with Gasteiger partial charge in [0.15, 0.2) is 30.4 Å². The number of alkyl halides is 1. The maximum Gasteiger partial charge on any atom is 0.306 e. The van der Waals surface area contributed by atoms with E-state index in [1.54, 1.807) is 39.0 Å². The standard InChI is InChI=1S/C59H79FO16/c1-35-28-43-42-17-15-37-30-39(62)21-24-54(37,3)58(42,60)45(64)32-56(43,5)59(35,72)47(66)34-76-51(70)19-18-50(69)74-27-11-6-8-12-48(67)73-26-10-7-9-13-49(68)75-33-46(65)57(71)25-22-41-40-16-14-36-29-38(61)20-23-53(36,2)52(40)44(63)31-55(41,57)4/h20-21,23-24,29-30,35,40-45,52,63-64,71-72H,6-19,22,25-28,31-34H2,1-5H3/t35-,40?,41?,42?,43?,44+,45+,52?,53+,54+,55+,56+,57+,58+,59+/m1/s1. The second-order valence-corrected chi connectivity index (χ2v) is 24.5. The molecule has 0 spiro atoms. The highest BCUT2D eigenvalue weighted by molar-refractivity contribution is 6.02. The summed E-state index contributed by atoms with van der Waals surface area (Å²) in [6.45, 7) is 7.96. The number of hydrogen-bond donors (Lipinski definition) is 4. The minimum Gasteiger partial charge on any atom is -0.466 e. The van der Waals surface area contributed by atoms with E-state index in [-0.39, 0.29) is 93.4 Å². The summed E-state index contributed by atoms with van der Waals surface area (Å²) in [6.07, 6.45) is 13.2. The van der Waals surface area contributed by atoms with E-state index in [1.807, 2.05) is 13.0 Å². The van der Waals surface area contributed by atoms with Gasteiger partial charge in [-0.05, 0) is 151 Å². The molecular formula is C59H79FO16. The number of Topliss-reactive ketones (excluding diaryl/α,β-unsaturated/α-hetero) is 2. The molecule has 0 aromatic heterocycles. The van der Waals surface area contributed by atoms with Crippen LogP contribution < -0.4 is 0 Å². The average molecular weight is 1060 g/mol. The highest BCUT2D eigenvalue weighted by Crippen LogP contribution is 2.71. The number of ketones is 4. The number of esters is 4. The van der Waals surface area contributed by atoms with E-state index < -0.39 is 111 Å². The molecule has 0 radical (unpaired) electrons. The molecule has 0 aliphatic heterocycles. The highest BCUT2D eigenvalue weighted by atomic mass is 19.1. The largest absolute Gasteiger partial charge is 0.466 e. The van der Waals surface area contributed by atoms with Crippen molar-refractivity contribution in [2.75, 3.05) is 26.4 Å². The first-order chi connectivity index (χ1) is 35.8. The number of rotatable bonds is 21. The Morgan fingerprint density at radius 1 is 0.632 bits per heavy atom. The fourth-order valence-corrected chi connectivity index (χ4v) is 16.4. The van der Waals surface area contributed by atoms with Crippen molar-refractivity contribution in [2.24, 2.45) is 57.2 Å². The third-order valence-corrected chi connectivity index (χ3v) is 20.6. The Hall–Kier alpha value is -4.71. The smallest absolute Gasteiger partial charge is 0.306 e. The van der Waals surface area contributed by atoms with Crippen molar-refractivity contribution in [3.8, 4) is 0 Å². The van der Waals surface area contributed by atoms with Crippen molar-refractivity contribution in [1.82, 2.24) is 0 Å². The van der Waals surface area contributed by atoms with Gasteiger partial charge < -0.3 is 39.4 Å². The van der Waals surface area contributed by atoms with Crippen molar-refractivity contribution < 1.29 is 82.1 Å². The van der Waals surface area contributed by atoms with Crippen LogP contribution in [-0.4, -0.2) is 123 Å². The van der Waals surface area contributed by atoms with Gasteiger partial charge >= 0.3 is 23.9 Å². The lowest BCUT2D eigenvalue weighted by molar-refractivity contribution is -0.220. The van der Waals surface area contributed by atoms with Gasteiger partial charge in [0.05, 0.1) is 38.3 Å². The summed E-state index contributed by atoms with van der Waals surface area (Å²) in [5, 5.41) is 47.2. The van der Waals surface area contributed by atoms with Crippen LogP contribution in [0.25, 0.3) is 0 Å². The Kier molecular flexibility index (Phi) is 16.5. The highest BCUT2D eigenvalue weighted by Gasteiger charge is 2.76. The molecule has 8 aliphatic carbocycles. The number of aliphatic hydroxyl groups excluding tert-OH is 2. The Morgan fingerprint density at radius 3 is 1.83 bits per heavy atom. The molecule has 8 aliphatic rings. The van der Waals surface area contributed by atoms with Crippen LogP contribution in [0.1, 0.15) is 157 Å². The molecule has 0 amide bonds. The zero-order chi connectivity index (χ0) is 55.2. The summed E-state index contributed by atoms with van der Waals surface area (Å²) >= 11 is 0. The predicted molar refractivity (Wildman–Crippen MR) is 271 cm³/mol. The third-order valence-electron chi connectivity index (χ3n) is 20.6. The summed E-state index contributed by atoms with van der Waals surface area (Å²) in [7, 11) is 0. The number of ether oxygens (including phenoxy) is 4. The summed E-state index contributed by atoms with van der Waals surface area (Å²) in [5.74, 6) is -5.93. The summed E-state index contributed by atoms with van der Waals surface area (Å²) < 4.78 is 38.6. The van der Waals surface area contributed by atoms with Crippen LogP contribution in [-0.2, 0) is 57.3 Å². The molecule has 418 valence electrons. The van der Waals surface area contributed by atoms with Gasteiger partial charge in [-0.1, -0.05) is 51.0 Å². The van der Waals surface area contributed by atoms with Gasteiger partial charge in [-0.3, -0.25) is 38.4 Å². The Morgan fingerprint density at radius 2 is 1.18 bits per heavy atom. The maximum absolute atomic E-state index is 17.5. The molecule has 17 heteroatoms. The fraction of sp³-hybridized carbons (Fsp3) is 0.729. The molecule has 0 heterocycles. The topological polar surface area (TPSA) is 254 Å². The first kappa shape index (κ1) is 57.5. The number of carbonyl (C=O) groups excluding carboxylic acids is 8. The molecule has 4 N–H and O–H groups in total. The normalized spacial score (nSPS) is 39.7. The van der Waals surface area contributed by atoms with Crippen LogP contribution >= 0.6 is 0 Å². The maximum atomic E-state index is 17.5. The van der Waals surface area contributed by atoms with Gasteiger partial charge in [0, 0.05) is 46.3 Å². The average Bonchev–Trinajstić information content (AvgIpc) is 3.81. The molecule has 5 unspecified atom stereocenters. The predicted octanol–water partition coefficient (Wildman–Crippen LogP) is 6.56. The molecule has 8 rings (SSSR count). The zero-order valence-corrected chi connectivity index (χ0v) is 44.9. The number of hydrogen-bond acceptors (Lipinski definition) is 16. The number of allylic oxidation sites excluding steroid dienone is 8. The lowest BCUT2D eigenvalue weighted by Gasteiger charge is -2.62. The van der Waals surface area contributed by atoms with Gasteiger partial charge in [0.2, 0.25) is 11.6 Å². The van der Waals surface area contributed by atoms with Crippen molar-refractivity contribution in [3.05, 3.63) is 47.6 Å². The molecule has 0 saturated heterocycles. The number of unbranched alkanes of at least 4 members (excludes halogenated alkanes) is 4. The second-order valence-electron chi connectivity index (χ2n) is 24.5. The minimum atomic E-state index is -2.12. The summed E-state index contributed by atoms with van der Waals surface area (Å²) in [6, 6.07) is 0. The Bertz CT molecular complexity index is 2480. The Balaban J connectivity index is 0.650. The van der Waals surface area contributed by atoms with Crippen LogP contribution in [0.4, 0.5) is 4.39 Å². The van der Waals surface area contributed by atoms with E-state index >= 15 is 4.39 Å². The second kappa shape index (κ2) is 21.8. The summed E-state index contributed by atoms with van der Waals surface area (Å²) in [4.78, 5) is 102. The van der Waals surface area contributed by atoms with Gasteiger partial charge in [-0.25, -0.2) is 4.39 Å².